The molecule has 1 aromatic carbocycles. The lowest BCUT2D eigenvalue weighted by molar-refractivity contribution is 0.355. The van der Waals surface area contributed by atoms with E-state index in [0.717, 1.165) is 24.6 Å². The molecule has 0 fully saturated rings. The minimum absolute atomic E-state index is 0.0769. The Morgan fingerprint density at radius 2 is 1.75 bits per heavy atom. The average molecular weight is 221 g/mol. The third kappa shape index (κ3) is 1.65. The van der Waals surface area contributed by atoms with Crippen LogP contribution in [0, 0.1) is 0 Å². The molecule has 0 saturated carbocycles. The molecule has 3 nitrogen and oxygen atoms in total. The lowest BCUT2D eigenvalue weighted by Crippen LogP contribution is -2.39. The summed E-state index contributed by atoms with van der Waals surface area (Å²) in [4.78, 5) is 0. The molecule has 1 aromatic rings. The Kier molecular flexibility index (Phi) is 2.80. The second-order valence-corrected chi connectivity index (χ2v) is 4.81. The van der Waals surface area contributed by atoms with Gasteiger partial charge in [0.25, 0.3) is 0 Å². The molecular weight excluding hydrogens is 202 g/mol. The number of methoxy groups -OCH3 is 2. The zero-order valence-corrected chi connectivity index (χ0v) is 10.4. The average Bonchev–Trinajstić information content (AvgIpc) is 2.27. The number of rotatable bonds is 2. The maximum Gasteiger partial charge on any atom is 0.123 e. The van der Waals surface area contributed by atoms with Crippen LogP contribution in [0.25, 0.3) is 0 Å². The molecule has 0 unspecified atom stereocenters. The molecule has 3 heteroatoms. The summed E-state index contributed by atoms with van der Waals surface area (Å²) in [5.74, 6) is 1.90. The zero-order chi connectivity index (χ0) is 11.8. The molecule has 0 spiro atoms. The first-order valence-corrected chi connectivity index (χ1v) is 5.55. The molecule has 0 atom stereocenters. The van der Waals surface area contributed by atoms with Gasteiger partial charge in [-0.15, -0.1) is 0 Å². The van der Waals surface area contributed by atoms with E-state index < -0.39 is 0 Å². The Bertz CT molecular complexity index is 399. The fourth-order valence-electron chi connectivity index (χ4n) is 2.47. The highest BCUT2D eigenvalue weighted by molar-refractivity contribution is 5.53. The zero-order valence-electron chi connectivity index (χ0n) is 10.4. The summed E-state index contributed by atoms with van der Waals surface area (Å²) in [6.07, 6.45) is 0. The van der Waals surface area contributed by atoms with E-state index in [-0.39, 0.29) is 5.41 Å². The minimum atomic E-state index is 0.0769. The van der Waals surface area contributed by atoms with Gasteiger partial charge in [0.1, 0.15) is 11.5 Å². The second-order valence-electron chi connectivity index (χ2n) is 4.81. The lowest BCUT2D eigenvalue weighted by atomic mass is 9.78. The normalized spacial score (nSPS) is 17.8. The van der Waals surface area contributed by atoms with E-state index in [9.17, 15) is 0 Å². The number of nitrogens with one attached hydrogen (secondary N) is 1. The monoisotopic (exact) mass is 221 g/mol. The quantitative estimate of drug-likeness (QED) is 0.829. The van der Waals surface area contributed by atoms with Crippen LogP contribution in [0.1, 0.15) is 25.0 Å². The molecule has 0 aromatic heterocycles. The Labute approximate surface area is 96.8 Å². The molecule has 1 N–H and O–H groups in total. The summed E-state index contributed by atoms with van der Waals surface area (Å²) < 4.78 is 10.9. The van der Waals surface area contributed by atoms with E-state index in [0.29, 0.717) is 0 Å². The predicted octanol–water partition coefficient (Wildman–Crippen LogP) is 2.08. The third-order valence-electron chi connectivity index (χ3n) is 3.22. The van der Waals surface area contributed by atoms with Gasteiger partial charge < -0.3 is 14.8 Å². The second kappa shape index (κ2) is 3.98. The summed E-state index contributed by atoms with van der Waals surface area (Å²) in [6, 6.07) is 3.96. The van der Waals surface area contributed by atoms with Crippen LogP contribution in [-0.2, 0) is 12.0 Å². The molecule has 1 aliphatic rings. The summed E-state index contributed by atoms with van der Waals surface area (Å²) in [5, 5.41) is 3.42. The molecule has 2 rings (SSSR count). The third-order valence-corrected chi connectivity index (χ3v) is 3.22. The summed E-state index contributed by atoms with van der Waals surface area (Å²) >= 11 is 0. The van der Waals surface area contributed by atoms with E-state index >= 15 is 0 Å². The Morgan fingerprint density at radius 3 is 2.38 bits per heavy atom. The first-order chi connectivity index (χ1) is 7.60. The summed E-state index contributed by atoms with van der Waals surface area (Å²) in [6.45, 7) is 6.25. The van der Waals surface area contributed by atoms with Crippen LogP contribution >= 0.6 is 0 Å². The summed E-state index contributed by atoms with van der Waals surface area (Å²) in [7, 11) is 3.43. The largest absolute Gasteiger partial charge is 0.496 e. The maximum absolute atomic E-state index is 5.46. The Balaban J connectivity index is 2.65. The molecule has 0 saturated heterocycles. The van der Waals surface area contributed by atoms with Gasteiger partial charge in [0.05, 0.1) is 14.2 Å². The van der Waals surface area contributed by atoms with Crippen LogP contribution in [-0.4, -0.2) is 20.8 Å². The van der Waals surface area contributed by atoms with Crippen LogP contribution in [0.5, 0.6) is 11.5 Å². The highest BCUT2D eigenvalue weighted by atomic mass is 16.5. The van der Waals surface area contributed by atoms with Crippen molar-refractivity contribution < 1.29 is 9.47 Å². The van der Waals surface area contributed by atoms with E-state index in [1.54, 1.807) is 14.2 Å². The van der Waals surface area contributed by atoms with Gasteiger partial charge in [-0.05, 0) is 12.1 Å². The Hall–Kier alpha value is -1.22. The van der Waals surface area contributed by atoms with E-state index in [1.165, 1.54) is 11.1 Å². The van der Waals surface area contributed by atoms with Crippen molar-refractivity contribution in [3.8, 4) is 11.5 Å². The van der Waals surface area contributed by atoms with Gasteiger partial charge in [0.2, 0.25) is 0 Å². The fourth-order valence-corrected chi connectivity index (χ4v) is 2.47. The highest BCUT2D eigenvalue weighted by Gasteiger charge is 2.32. The smallest absolute Gasteiger partial charge is 0.123 e. The van der Waals surface area contributed by atoms with Gasteiger partial charge in [-0.25, -0.2) is 0 Å². The molecule has 0 bridgehead atoms. The van der Waals surface area contributed by atoms with Crippen molar-refractivity contribution >= 4 is 0 Å². The molecule has 88 valence electrons. The van der Waals surface area contributed by atoms with Gasteiger partial charge in [0.15, 0.2) is 0 Å². The van der Waals surface area contributed by atoms with Gasteiger partial charge in [-0.1, -0.05) is 13.8 Å². The molecular formula is C13H19NO2. The molecule has 1 heterocycles. The number of benzene rings is 1. The van der Waals surface area contributed by atoms with Crippen molar-refractivity contribution in [3.05, 3.63) is 23.3 Å². The standard InChI is InChI=1S/C13H19NO2/c1-13(2)8-14-7-9-10(15-3)5-6-11(16-4)12(9)13/h5-6,14H,7-8H2,1-4H3. The van der Waals surface area contributed by atoms with E-state index in [2.05, 4.69) is 19.2 Å². The van der Waals surface area contributed by atoms with Crippen LogP contribution in [0.4, 0.5) is 0 Å². The van der Waals surface area contributed by atoms with Crippen LogP contribution in [0.2, 0.25) is 0 Å². The summed E-state index contributed by atoms with van der Waals surface area (Å²) in [5.41, 5.74) is 2.57. The van der Waals surface area contributed by atoms with Crippen molar-refractivity contribution in [3.63, 3.8) is 0 Å². The van der Waals surface area contributed by atoms with E-state index in [1.807, 2.05) is 12.1 Å². The fraction of sp³-hybridized carbons (Fsp3) is 0.538. The first-order valence-electron chi connectivity index (χ1n) is 5.55. The van der Waals surface area contributed by atoms with Gasteiger partial charge >= 0.3 is 0 Å². The van der Waals surface area contributed by atoms with Crippen molar-refractivity contribution in [2.45, 2.75) is 25.8 Å². The first kappa shape index (κ1) is 11.3. The van der Waals surface area contributed by atoms with Crippen molar-refractivity contribution in [1.82, 2.24) is 5.32 Å². The predicted molar refractivity (Wildman–Crippen MR) is 64.3 cm³/mol. The number of hydrogen-bond acceptors (Lipinski definition) is 3. The molecule has 0 radical (unpaired) electrons. The highest BCUT2D eigenvalue weighted by Crippen LogP contribution is 2.40. The molecule has 0 aliphatic carbocycles. The Morgan fingerprint density at radius 1 is 1.12 bits per heavy atom. The van der Waals surface area contributed by atoms with Crippen molar-refractivity contribution in [2.75, 3.05) is 20.8 Å². The van der Waals surface area contributed by atoms with Crippen LogP contribution < -0.4 is 14.8 Å². The van der Waals surface area contributed by atoms with Crippen molar-refractivity contribution in [2.24, 2.45) is 0 Å². The maximum atomic E-state index is 5.46. The topological polar surface area (TPSA) is 30.5 Å². The van der Waals surface area contributed by atoms with Gasteiger partial charge in [-0.3, -0.25) is 0 Å². The number of fused-ring (bicyclic) bond motifs is 1. The molecule has 0 amide bonds. The van der Waals surface area contributed by atoms with Crippen LogP contribution in [0.3, 0.4) is 0 Å². The molecule has 16 heavy (non-hydrogen) atoms. The lowest BCUT2D eigenvalue weighted by Gasteiger charge is -2.35. The number of ether oxygens (including phenoxy) is 2. The molecule has 1 aliphatic heterocycles. The SMILES string of the molecule is COc1ccc(OC)c2c1CNCC2(C)C. The number of hydrogen-bond donors (Lipinski definition) is 1. The van der Waals surface area contributed by atoms with Crippen molar-refractivity contribution in [1.29, 1.82) is 0 Å². The van der Waals surface area contributed by atoms with E-state index in [4.69, 9.17) is 9.47 Å². The van der Waals surface area contributed by atoms with Gasteiger partial charge in [-0.2, -0.15) is 0 Å². The minimum Gasteiger partial charge on any atom is -0.496 e. The van der Waals surface area contributed by atoms with Gasteiger partial charge in [0, 0.05) is 29.6 Å². The van der Waals surface area contributed by atoms with Crippen LogP contribution in [0.15, 0.2) is 12.1 Å².